The Hall–Kier alpha value is -1.31. The Morgan fingerprint density at radius 3 is 2.56 bits per heavy atom. The van der Waals surface area contributed by atoms with Crippen molar-refractivity contribution in [1.82, 2.24) is 5.32 Å². The molecule has 1 saturated carbocycles. The van der Waals surface area contributed by atoms with E-state index in [1.54, 1.807) is 0 Å². The molecular weight excluding hydrogens is 222 g/mol. The van der Waals surface area contributed by atoms with Crippen LogP contribution in [0.1, 0.15) is 54.1 Å². The molecule has 18 heavy (non-hydrogen) atoms. The molecule has 0 aromatic heterocycles. The summed E-state index contributed by atoms with van der Waals surface area (Å²) in [6, 6.07) is 6.28. The first kappa shape index (κ1) is 13.1. The van der Waals surface area contributed by atoms with Crippen LogP contribution in [0.4, 0.5) is 0 Å². The zero-order valence-corrected chi connectivity index (χ0v) is 11.6. The van der Waals surface area contributed by atoms with E-state index in [2.05, 4.69) is 26.1 Å². The number of carbonyl (C=O) groups excluding carboxylic acids is 1. The smallest absolute Gasteiger partial charge is 0.251 e. The summed E-state index contributed by atoms with van der Waals surface area (Å²) in [5.41, 5.74) is 3.20. The zero-order chi connectivity index (χ0) is 13.1. The Morgan fingerprint density at radius 2 is 1.89 bits per heavy atom. The molecule has 0 heterocycles. The van der Waals surface area contributed by atoms with Crippen molar-refractivity contribution in [2.24, 2.45) is 5.92 Å². The summed E-state index contributed by atoms with van der Waals surface area (Å²) in [5, 5.41) is 3.19. The minimum atomic E-state index is 0.0804. The van der Waals surface area contributed by atoms with Gasteiger partial charge in [0.05, 0.1) is 0 Å². The predicted octanol–water partition coefficient (Wildman–Crippen LogP) is 3.61. The van der Waals surface area contributed by atoms with Crippen LogP contribution in [-0.4, -0.2) is 11.9 Å². The topological polar surface area (TPSA) is 29.1 Å². The Labute approximate surface area is 110 Å². The number of benzene rings is 1. The standard InChI is InChI=1S/C16H23NO/c1-11-8-9-14(10-13(11)3)16(18)17-15-7-5-4-6-12(15)2/h8-10,12,15H,4-7H2,1-3H3,(H,17,18)/t12-,15-/m0/s1. The molecule has 1 fully saturated rings. The van der Waals surface area contributed by atoms with Gasteiger partial charge in [-0.05, 0) is 55.9 Å². The van der Waals surface area contributed by atoms with E-state index in [0.29, 0.717) is 12.0 Å². The SMILES string of the molecule is Cc1ccc(C(=O)N[C@H]2CCCC[C@@H]2C)cc1C. The number of rotatable bonds is 2. The highest BCUT2D eigenvalue weighted by Crippen LogP contribution is 2.24. The summed E-state index contributed by atoms with van der Waals surface area (Å²) in [4.78, 5) is 12.2. The van der Waals surface area contributed by atoms with E-state index in [4.69, 9.17) is 0 Å². The van der Waals surface area contributed by atoms with Crippen LogP contribution >= 0.6 is 0 Å². The highest BCUT2D eigenvalue weighted by Gasteiger charge is 2.23. The first-order chi connectivity index (χ1) is 8.58. The lowest BCUT2D eigenvalue weighted by atomic mass is 9.86. The number of carbonyl (C=O) groups is 1. The number of hydrogen-bond donors (Lipinski definition) is 1. The Kier molecular flexibility index (Phi) is 4.05. The quantitative estimate of drug-likeness (QED) is 0.847. The second-order valence-electron chi connectivity index (χ2n) is 5.64. The molecular formula is C16H23NO. The molecule has 0 unspecified atom stereocenters. The molecule has 1 aromatic carbocycles. The van der Waals surface area contributed by atoms with Crippen molar-refractivity contribution in [3.8, 4) is 0 Å². The van der Waals surface area contributed by atoms with E-state index in [1.165, 1.54) is 30.4 Å². The van der Waals surface area contributed by atoms with Gasteiger partial charge >= 0.3 is 0 Å². The molecule has 98 valence electrons. The molecule has 0 saturated heterocycles. The second-order valence-corrected chi connectivity index (χ2v) is 5.64. The molecule has 1 amide bonds. The molecule has 2 nitrogen and oxygen atoms in total. The van der Waals surface area contributed by atoms with Crippen LogP contribution in [-0.2, 0) is 0 Å². The summed E-state index contributed by atoms with van der Waals surface area (Å²) < 4.78 is 0. The highest BCUT2D eigenvalue weighted by molar-refractivity contribution is 5.94. The lowest BCUT2D eigenvalue weighted by Crippen LogP contribution is -2.41. The maximum Gasteiger partial charge on any atom is 0.251 e. The summed E-state index contributed by atoms with van der Waals surface area (Å²) in [6.07, 6.45) is 4.90. The lowest BCUT2D eigenvalue weighted by Gasteiger charge is -2.29. The third-order valence-electron chi connectivity index (χ3n) is 4.20. The van der Waals surface area contributed by atoms with E-state index < -0.39 is 0 Å². The van der Waals surface area contributed by atoms with E-state index in [-0.39, 0.29) is 5.91 Å². The molecule has 1 N–H and O–H groups in total. The van der Waals surface area contributed by atoms with Crippen molar-refractivity contribution in [2.45, 2.75) is 52.5 Å². The average Bonchev–Trinajstić information content (AvgIpc) is 2.35. The van der Waals surface area contributed by atoms with Gasteiger partial charge in [0, 0.05) is 11.6 Å². The number of amides is 1. The average molecular weight is 245 g/mol. The van der Waals surface area contributed by atoms with Crippen molar-refractivity contribution in [1.29, 1.82) is 0 Å². The van der Waals surface area contributed by atoms with Gasteiger partial charge in [0.25, 0.3) is 5.91 Å². The van der Waals surface area contributed by atoms with Gasteiger partial charge in [-0.25, -0.2) is 0 Å². The molecule has 2 rings (SSSR count). The molecule has 0 spiro atoms. The van der Waals surface area contributed by atoms with Gasteiger partial charge in [-0.2, -0.15) is 0 Å². The molecule has 0 aliphatic heterocycles. The first-order valence-corrected chi connectivity index (χ1v) is 6.96. The monoisotopic (exact) mass is 245 g/mol. The van der Waals surface area contributed by atoms with Crippen LogP contribution in [0.5, 0.6) is 0 Å². The van der Waals surface area contributed by atoms with Crippen molar-refractivity contribution >= 4 is 5.91 Å². The van der Waals surface area contributed by atoms with Gasteiger partial charge in [-0.15, -0.1) is 0 Å². The number of nitrogens with one attached hydrogen (secondary N) is 1. The van der Waals surface area contributed by atoms with E-state index in [9.17, 15) is 4.79 Å². The van der Waals surface area contributed by atoms with Gasteiger partial charge in [0.15, 0.2) is 0 Å². The Bertz CT molecular complexity index is 439. The summed E-state index contributed by atoms with van der Waals surface area (Å²) in [5.74, 6) is 0.686. The molecule has 1 aliphatic carbocycles. The summed E-state index contributed by atoms with van der Waals surface area (Å²) in [7, 11) is 0. The molecule has 2 atom stereocenters. The number of aryl methyl sites for hydroxylation is 2. The fourth-order valence-corrected chi connectivity index (χ4v) is 2.67. The zero-order valence-electron chi connectivity index (χ0n) is 11.6. The fraction of sp³-hybridized carbons (Fsp3) is 0.562. The number of hydrogen-bond acceptors (Lipinski definition) is 1. The van der Waals surface area contributed by atoms with Crippen molar-refractivity contribution in [3.63, 3.8) is 0 Å². The van der Waals surface area contributed by atoms with Crippen LogP contribution in [0.3, 0.4) is 0 Å². The molecule has 1 aromatic rings. The molecule has 0 bridgehead atoms. The van der Waals surface area contributed by atoms with E-state index in [0.717, 1.165) is 12.0 Å². The van der Waals surface area contributed by atoms with Gasteiger partial charge in [-0.3, -0.25) is 4.79 Å². The van der Waals surface area contributed by atoms with Crippen molar-refractivity contribution in [3.05, 3.63) is 34.9 Å². The summed E-state index contributed by atoms with van der Waals surface area (Å²) >= 11 is 0. The normalized spacial score (nSPS) is 23.7. The van der Waals surface area contributed by atoms with Gasteiger partial charge in [-0.1, -0.05) is 25.8 Å². The minimum Gasteiger partial charge on any atom is -0.349 e. The Balaban J connectivity index is 2.04. The van der Waals surface area contributed by atoms with Crippen LogP contribution in [0.2, 0.25) is 0 Å². The minimum absolute atomic E-state index is 0.0804. The van der Waals surface area contributed by atoms with E-state index >= 15 is 0 Å². The Morgan fingerprint density at radius 1 is 1.17 bits per heavy atom. The molecule has 2 heteroatoms. The lowest BCUT2D eigenvalue weighted by molar-refractivity contribution is 0.0910. The third-order valence-corrected chi connectivity index (χ3v) is 4.20. The maximum atomic E-state index is 12.2. The van der Waals surface area contributed by atoms with Gasteiger partial charge < -0.3 is 5.32 Å². The third kappa shape index (κ3) is 2.92. The fourth-order valence-electron chi connectivity index (χ4n) is 2.67. The first-order valence-electron chi connectivity index (χ1n) is 6.96. The van der Waals surface area contributed by atoms with Crippen molar-refractivity contribution < 1.29 is 4.79 Å². The molecule has 1 aliphatic rings. The van der Waals surface area contributed by atoms with Crippen LogP contribution in [0.15, 0.2) is 18.2 Å². The largest absolute Gasteiger partial charge is 0.349 e. The van der Waals surface area contributed by atoms with Crippen molar-refractivity contribution in [2.75, 3.05) is 0 Å². The van der Waals surface area contributed by atoms with Crippen LogP contribution in [0, 0.1) is 19.8 Å². The molecule has 0 radical (unpaired) electrons. The second kappa shape index (κ2) is 5.55. The van der Waals surface area contributed by atoms with E-state index in [1.807, 2.05) is 18.2 Å². The predicted molar refractivity (Wildman–Crippen MR) is 74.8 cm³/mol. The van der Waals surface area contributed by atoms with Crippen LogP contribution in [0.25, 0.3) is 0 Å². The maximum absolute atomic E-state index is 12.2. The van der Waals surface area contributed by atoms with Gasteiger partial charge in [0.2, 0.25) is 0 Å². The summed E-state index contributed by atoms with van der Waals surface area (Å²) in [6.45, 7) is 6.36. The van der Waals surface area contributed by atoms with Crippen LogP contribution < -0.4 is 5.32 Å². The van der Waals surface area contributed by atoms with Gasteiger partial charge in [0.1, 0.15) is 0 Å². The highest BCUT2D eigenvalue weighted by atomic mass is 16.1.